The van der Waals surface area contributed by atoms with Gasteiger partial charge in [-0.3, -0.25) is 14.7 Å². The van der Waals surface area contributed by atoms with Crippen LogP contribution in [0.1, 0.15) is 30.4 Å². The number of piperidine rings is 1. The van der Waals surface area contributed by atoms with Crippen molar-refractivity contribution in [1.82, 2.24) is 19.7 Å². The molecule has 2 N–H and O–H groups in total. The highest BCUT2D eigenvalue weighted by Crippen LogP contribution is 2.35. The van der Waals surface area contributed by atoms with E-state index in [0.29, 0.717) is 24.9 Å². The highest BCUT2D eigenvalue weighted by molar-refractivity contribution is 5.86. The van der Waals surface area contributed by atoms with E-state index in [1.165, 1.54) is 10.9 Å². The Morgan fingerprint density at radius 2 is 1.97 bits per heavy atom. The van der Waals surface area contributed by atoms with Crippen molar-refractivity contribution in [2.75, 3.05) is 52.9 Å². The summed E-state index contributed by atoms with van der Waals surface area (Å²) in [4.78, 5) is 24.4. The van der Waals surface area contributed by atoms with Crippen molar-refractivity contribution in [3.63, 3.8) is 0 Å². The molecule has 2 fully saturated rings. The first kappa shape index (κ1) is 20.3. The zero-order chi connectivity index (χ0) is 20.4. The number of nitrogens with two attached hydrogens (primary N) is 1. The van der Waals surface area contributed by atoms with E-state index in [4.69, 9.17) is 5.73 Å². The van der Waals surface area contributed by atoms with Crippen molar-refractivity contribution in [1.29, 1.82) is 0 Å². The Labute approximate surface area is 173 Å². The summed E-state index contributed by atoms with van der Waals surface area (Å²) in [7, 11) is 2.14. The number of hydrogen-bond acceptors (Lipinski definition) is 5. The largest absolute Gasteiger partial charge is 0.341 e. The molecule has 0 aliphatic carbocycles. The van der Waals surface area contributed by atoms with Gasteiger partial charge in [-0.1, -0.05) is 25.1 Å². The maximum atomic E-state index is 13.1. The Balaban J connectivity index is 1.52. The molecule has 1 aromatic heterocycles. The maximum absolute atomic E-state index is 13.1. The number of rotatable bonds is 4. The van der Waals surface area contributed by atoms with Crippen LogP contribution in [0.3, 0.4) is 0 Å². The second-order valence-corrected chi connectivity index (χ2v) is 8.83. The van der Waals surface area contributed by atoms with Gasteiger partial charge in [-0.05, 0) is 36.6 Å². The van der Waals surface area contributed by atoms with Crippen LogP contribution in [0, 0.1) is 5.92 Å². The molecule has 0 unspecified atom stereocenters. The van der Waals surface area contributed by atoms with Crippen LogP contribution in [0.15, 0.2) is 30.5 Å². The molecule has 2 aliphatic rings. The first-order valence-electron chi connectivity index (χ1n) is 10.8. The molecule has 2 aromatic rings. The third kappa shape index (κ3) is 4.44. The minimum absolute atomic E-state index is 0.270. The smallest absolute Gasteiger partial charge is 0.236 e. The molecule has 4 rings (SSSR count). The van der Waals surface area contributed by atoms with Crippen LogP contribution in [0.5, 0.6) is 0 Å². The van der Waals surface area contributed by atoms with Gasteiger partial charge in [0, 0.05) is 63.3 Å². The monoisotopic (exact) mass is 395 g/mol. The van der Waals surface area contributed by atoms with E-state index >= 15 is 0 Å². The predicted octanol–water partition coefficient (Wildman–Crippen LogP) is 1.89. The van der Waals surface area contributed by atoms with Gasteiger partial charge in [-0.15, -0.1) is 0 Å². The highest BCUT2D eigenvalue weighted by Gasteiger charge is 2.31. The fraction of sp³-hybridized carbons (Fsp3) is 0.565. The number of likely N-dealkylation sites (N-methyl/N-ethyl adjacent to an activating group) is 1. The number of amides is 1. The number of pyridine rings is 1. The molecule has 156 valence electrons. The second kappa shape index (κ2) is 8.78. The highest BCUT2D eigenvalue weighted by atomic mass is 16.2. The standard InChI is InChI=1S/C23H33N5O/c1-17-12-19(20-6-5-18(13-24)23-21(20)4-3-7-25-23)15-28(14-17)22(29)16-27-10-8-26(2)9-11-27/h3-7,17,19H,8-16,24H2,1-2H3/t17-,19-/m1/s1. The van der Waals surface area contributed by atoms with Gasteiger partial charge in [0.2, 0.25) is 5.91 Å². The molecular formula is C23H33N5O. The lowest BCUT2D eigenvalue weighted by Crippen LogP contribution is -2.51. The fourth-order valence-electron chi connectivity index (χ4n) is 4.85. The van der Waals surface area contributed by atoms with Gasteiger partial charge in [0.05, 0.1) is 12.1 Å². The van der Waals surface area contributed by atoms with Crippen LogP contribution in [0.4, 0.5) is 0 Å². The summed E-state index contributed by atoms with van der Waals surface area (Å²) in [5.41, 5.74) is 9.31. The number of aromatic nitrogens is 1. The molecule has 29 heavy (non-hydrogen) atoms. The van der Waals surface area contributed by atoms with Crippen LogP contribution >= 0.6 is 0 Å². The van der Waals surface area contributed by atoms with Crippen molar-refractivity contribution in [2.24, 2.45) is 11.7 Å². The van der Waals surface area contributed by atoms with Gasteiger partial charge in [-0.25, -0.2) is 0 Å². The van der Waals surface area contributed by atoms with Crippen molar-refractivity contribution < 1.29 is 4.79 Å². The van der Waals surface area contributed by atoms with Crippen LogP contribution < -0.4 is 5.73 Å². The van der Waals surface area contributed by atoms with Crippen molar-refractivity contribution in [3.05, 3.63) is 41.6 Å². The van der Waals surface area contributed by atoms with E-state index < -0.39 is 0 Å². The Hall–Kier alpha value is -2.02. The lowest BCUT2D eigenvalue weighted by atomic mass is 9.83. The maximum Gasteiger partial charge on any atom is 0.236 e. The molecule has 3 heterocycles. The summed E-state index contributed by atoms with van der Waals surface area (Å²) >= 11 is 0. The molecule has 2 atom stereocenters. The summed E-state index contributed by atoms with van der Waals surface area (Å²) in [6, 6.07) is 8.46. The van der Waals surface area contributed by atoms with Crippen LogP contribution in [0.2, 0.25) is 0 Å². The van der Waals surface area contributed by atoms with E-state index in [0.717, 1.165) is 56.8 Å². The van der Waals surface area contributed by atoms with Gasteiger partial charge in [-0.2, -0.15) is 0 Å². The minimum atomic E-state index is 0.270. The number of nitrogens with zero attached hydrogens (tertiary/aromatic N) is 4. The van der Waals surface area contributed by atoms with Gasteiger partial charge in [0.15, 0.2) is 0 Å². The van der Waals surface area contributed by atoms with Gasteiger partial charge >= 0.3 is 0 Å². The molecule has 6 heteroatoms. The molecule has 1 aromatic carbocycles. The topological polar surface area (TPSA) is 65.7 Å². The summed E-state index contributed by atoms with van der Waals surface area (Å²) < 4.78 is 0. The molecule has 6 nitrogen and oxygen atoms in total. The number of carbonyl (C=O) groups excluding carboxylic acids is 1. The number of piperazine rings is 1. The summed E-state index contributed by atoms with van der Waals surface area (Å²) in [6.07, 6.45) is 2.94. The van der Waals surface area contributed by atoms with Gasteiger partial charge in [0.1, 0.15) is 0 Å². The van der Waals surface area contributed by atoms with E-state index in [9.17, 15) is 4.79 Å². The number of likely N-dealkylation sites (tertiary alicyclic amines) is 1. The minimum Gasteiger partial charge on any atom is -0.341 e. The summed E-state index contributed by atoms with van der Waals surface area (Å²) in [5.74, 6) is 1.10. The van der Waals surface area contributed by atoms with E-state index in [-0.39, 0.29) is 5.91 Å². The lowest BCUT2D eigenvalue weighted by molar-refractivity contribution is -0.134. The number of hydrogen-bond donors (Lipinski definition) is 1. The lowest BCUT2D eigenvalue weighted by Gasteiger charge is -2.39. The normalized spacial score (nSPS) is 24.2. The molecule has 2 saturated heterocycles. The van der Waals surface area contributed by atoms with Gasteiger partial charge in [0.25, 0.3) is 0 Å². The molecule has 0 bridgehead atoms. The van der Waals surface area contributed by atoms with Gasteiger partial charge < -0.3 is 15.5 Å². The zero-order valence-corrected chi connectivity index (χ0v) is 17.7. The van der Waals surface area contributed by atoms with Crippen molar-refractivity contribution >= 4 is 16.8 Å². The molecule has 0 radical (unpaired) electrons. The predicted molar refractivity (Wildman–Crippen MR) is 117 cm³/mol. The number of fused-ring (bicyclic) bond motifs is 1. The average Bonchev–Trinajstić information content (AvgIpc) is 2.74. The second-order valence-electron chi connectivity index (χ2n) is 8.83. The van der Waals surface area contributed by atoms with Crippen LogP contribution in [0.25, 0.3) is 10.9 Å². The fourth-order valence-corrected chi connectivity index (χ4v) is 4.85. The van der Waals surface area contributed by atoms with Crippen LogP contribution in [-0.2, 0) is 11.3 Å². The van der Waals surface area contributed by atoms with Crippen molar-refractivity contribution in [3.8, 4) is 0 Å². The Morgan fingerprint density at radius 1 is 1.17 bits per heavy atom. The zero-order valence-electron chi connectivity index (χ0n) is 17.7. The summed E-state index contributed by atoms with van der Waals surface area (Å²) in [5, 5.41) is 1.18. The molecular weight excluding hydrogens is 362 g/mol. The first-order valence-corrected chi connectivity index (χ1v) is 10.8. The Kier molecular flexibility index (Phi) is 6.13. The van der Waals surface area contributed by atoms with Crippen molar-refractivity contribution in [2.45, 2.75) is 25.8 Å². The number of benzene rings is 1. The summed E-state index contributed by atoms with van der Waals surface area (Å²) in [6.45, 7) is 8.99. The van der Waals surface area contributed by atoms with E-state index in [1.807, 2.05) is 12.3 Å². The molecule has 2 aliphatic heterocycles. The van der Waals surface area contributed by atoms with Crippen LogP contribution in [-0.4, -0.2) is 78.5 Å². The number of carbonyl (C=O) groups is 1. The third-order valence-corrected chi connectivity index (χ3v) is 6.51. The first-order chi connectivity index (χ1) is 14.0. The van der Waals surface area contributed by atoms with E-state index in [1.54, 1.807) is 0 Å². The van der Waals surface area contributed by atoms with E-state index in [2.05, 4.69) is 51.9 Å². The Bertz CT molecular complexity index is 861. The third-order valence-electron chi connectivity index (χ3n) is 6.51. The molecule has 0 saturated carbocycles. The average molecular weight is 396 g/mol. The molecule has 1 amide bonds. The molecule has 0 spiro atoms. The Morgan fingerprint density at radius 3 is 2.72 bits per heavy atom. The quantitative estimate of drug-likeness (QED) is 0.856. The SMILES string of the molecule is C[C@@H]1C[C@@H](c2ccc(CN)c3ncccc23)CN(C(=O)CN2CCN(C)CC2)C1.